The number of benzene rings is 1. The van der Waals surface area contributed by atoms with E-state index in [0.29, 0.717) is 6.54 Å². The number of carbonyl (C=O) groups excluding carboxylic acids is 2. The quantitative estimate of drug-likeness (QED) is 0.531. The number of nitrogens with one attached hydrogen (secondary N) is 2. The van der Waals surface area contributed by atoms with Crippen molar-refractivity contribution in [2.75, 3.05) is 0 Å². The van der Waals surface area contributed by atoms with Gasteiger partial charge in [-0.15, -0.1) is 0 Å². The molecular weight excluding hydrogens is 443 g/mol. The number of fused-ring (bicyclic) bond motifs is 1. The second-order valence-corrected chi connectivity index (χ2v) is 11.9. The van der Waals surface area contributed by atoms with Gasteiger partial charge in [0, 0.05) is 24.4 Å². The van der Waals surface area contributed by atoms with Gasteiger partial charge in [-0.3, -0.25) is 9.59 Å². The zero-order valence-electron chi connectivity index (χ0n) is 21.6. The van der Waals surface area contributed by atoms with E-state index in [2.05, 4.69) is 24.5 Å². The molecule has 0 aromatic heterocycles. The van der Waals surface area contributed by atoms with Gasteiger partial charge in [-0.25, -0.2) is 4.39 Å². The van der Waals surface area contributed by atoms with Gasteiger partial charge < -0.3 is 15.7 Å². The van der Waals surface area contributed by atoms with Crippen molar-refractivity contribution in [1.29, 1.82) is 0 Å². The maximum atomic E-state index is 13.2. The number of aliphatic hydroxyl groups is 1. The topological polar surface area (TPSA) is 78.4 Å². The fourth-order valence-electron chi connectivity index (χ4n) is 7.31. The highest BCUT2D eigenvalue weighted by molar-refractivity contribution is 5.79. The molecule has 0 radical (unpaired) electrons. The van der Waals surface area contributed by atoms with Crippen LogP contribution in [0.15, 0.2) is 24.3 Å². The highest BCUT2D eigenvalue weighted by Crippen LogP contribution is 2.55. The first-order valence-electron chi connectivity index (χ1n) is 13.7. The summed E-state index contributed by atoms with van der Waals surface area (Å²) in [6, 6.07) is 6.22. The molecule has 4 rings (SSSR count). The number of rotatable bonds is 6. The third-order valence-electron chi connectivity index (χ3n) is 9.63. The molecule has 0 bridgehead atoms. The van der Waals surface area contributed by atoms with E-state index in [9.17, 15) is 19.1 Å². The lowest BCUT2D eigenvalue weighted by Gasteiger charge is -2.56. The molecule has 0 spiro atoms. The molecule has 5 nitrogen and oxygen atoms in total. The van der Waals surface area contributed by atoms with Crippen LogP contribution in [0.5, 0.6) is 0 Å². The maximum absolute atomic E-state index is 13.2. The van der Waals surface area contributed by atoms with Crippen LogP contribution in [0.3, 0.4) is 0 Å². The molecule has 2 amide bonds. The Morgan fingerprint density at radius 1 is 1.09 bits per heavy atom. The molecule has 3 fully saturated rings. The normalized spacial score (nSPS) is 34.5. The number of hydrogen-bond donors (Lipinski definition) is 3. The van der Waals surface area contributed by atoms with Crippen LogP contribution in [0.4, 0.5) is 4.39 Å². The van der Waals surface area contributed by atoms with E-state index in [1.54, 1.807) is 12.1 Å². The van der Waals surface area contributed by atoms with E-state index in [-0.39, 0.29) is 58.7 Å². The van der Waals surface area contributed by atoms with E-state index in [1.165, 1.54) is 18.6 Å². The van der Waals surface area contributed by atoms with Crippen molar-refractivity contribution in [3.05, 3.63) is 35.6 Å². The molecule has 0 saturated heterocycles. The molecule has 3 saturated carbocycles. The summed E-state index contributed by atoms with van der Waals surface area (Å²) in [7, 11) is 0. The summed E-state index contributed by atoms with van der Waals surface area (Å²) >= 11 is 0. The van der Waals surface area contributed by atoms with Gasteiger partial charge in [0.15, 0.2) is 0 Å². The molecule has 0 aliphatic heterocycles. The molecule has 0 unspecified atom stereocenters. The van der Waals surface area contributed by atoms with E-state index in [4.69, 9.17) is 0 Å². The summed E-state index contributed by atoms with van der Waals surface area (Å²) in [5, 5.41) is 17.9. The summed E-state index contributed by atoms with van der Waals surface area (Å²) in [6.45, 7) is 6.72. The highest BCUT2D eigenvalue weighted by atomic mass is 19.1. The number of aliphatic hydroxyl groups excluding tert-OH is 1. The van der Waals surface area contributed by atoms with E-state index in [1.807, 2.05) is 6.92 Å². The van der Waals surface area contributed by atoms with Crippen LogP contribution in [0.25, 0.3) is 0 Å². The molecule has 0 heterocycles. The number of amides is 2. The minimum absolute atomic E-state index is 0.0334. The van der Waals surface area contributed by atoms with Gasteiger partial charge in [-0.05, 0) is 79.4 Å². The Bertz CT molecular complexity index is 884. The lowest BCUT2D eigenvalue weighted by molar-refractivity contribution is -0.144. The Hall–Kier alpha value is -1.95. The third kappa shape index (κ3) is 5.73. The summed E-state index contributed by atoms with van der Waals surface area (Å²) in [5.74, 6) is -0.258. The molecule has 194 valence electrons. The van der Waals surface area contributed by atoms with Gasteiger partial charge >= 0.3 is 0 Å². The second-order valence-electron chi connectivity index (χ2n) is 11.9. The highest BCUT2D eigenvalue weighted by Gasteiger charge is 2.54. The lowest BCUT2D eigenvalue weighted by atomic mass is 9.51. The Morgan fingerprint density at radius 3 is 2.43 bits per heavy atom. The van der Waals surface area contributed by atoms with Crippen LogP contribution >= 0.6 is 0 Å². The molecule has 1 aromatic carbocycles. The Labute approximate surface area is 209 Å². The van der Waals surface area contributed by atoms with Crippen molar-refractivity contribution >= 4 is 11.8 Å². The van der Waals surface area contributed by atoms with Crippen molar-refractivity contribution < 1.29 is 19.1 Å². The largest absolute Gasteiger partial charge is 0.392 e. The fourth-order valence-corrected chi connectivity index (χ4v) is 7.31. The first-order chi connectivity index (χ1) is 16.7. The van der Waals surface area contributed by atoms with Gasteiger partial charge in [-0.1, -0.05) is 52.2 Å². The zero-order valence-corrected chi connectivity index (χ0v) is 21.6. The van der Waals surface area contributed by atoms with E-state index < -0.39 is 6.10 Å². The monoisotopic (exact) mass is 486 g/mol. The van der Waals surface area contributed by atoms with Crippen LogP contribution in [0.1, 0.15) is 84.1 Å². The Morgan fingerprint density at radius 2 is 1.74 bits per heavy atom. The van der Waals surface area contributed by atoms with Crippen LogP contribution in [0, 0.1) is 40.8 Å². The average Bonchev–Trinajstić information content (AvgIpc) is 2.85. The van der Waals surface area contributed by atoms with Crippen molar-refractivity contribution in [3.8, 4) is 0 Å². The smallest absolute Gasteiger partial charge is 0.223 e. The fraction of sp³-hybridized carbons (Fsp3) is 0.724. The minimum Gasteiger partial charge on any atom is -0.392 e. The third-order valence-corrected chi connectivity index (χ3v) is 9.63. The molecule has 3 aliphatic carbocycles. The first-order valence-corrected chi connectivity index (χ1v) is 13.7. The van der Waals surface area contributed by atoms with Crippen molar-refractivity contribution in [1.82, 2.24) is 10.6 Å². The predicted molar refractivity (Wildman–Crippen MR) is 135 cm³/mol. The van der Waals surface area contributed by atoms with Crippen molar-refractivity contribution in [3.63, 3.8) is 0 Å². The van der Waals surface area contributed by atoms with Gasteiger partial charge in [0.25, 0.3) is 0 Å². The number of hydrogen-bond acceptors (Lipinski definition) is 3. The van der Waals surface area contributed by atoms with Crippen LogP contribution in [-0.2, 0) is 16.1 Å². The summed E-state index contributed by atoms with van der Waals surface area (Å²) < 4.78 is 13.2. The molecule has 35 heavy (non-hydrogen) atoms. The van der Waals surface area contributed by atoms with Crippen molar-refractivity contribution in [2.45, 2.75) is 97.2 Å². The molecule has 3 N–H and O–H groups in total. The van der Waals surface area contributed by atoms with E-state index in [0.717, 1.165) is 56.9 Å². The number of carbonyl (C=O) groups is 2. The molecule has 7 atom stereocenters. The van der Waals surface area contributed by atoms with Gasteiger partial charge in [-0.2, -0.15) is 0 Å². The maximum Gasteiger partial charge on any atom is 0.223 e. The molecule has 3 aliphatic rings. The molecule has 1 aromatic rings. The average molecular weight is 487 g/mol. The zero-order chi connectivity index (χ0) is 25.2. The SMILES string of the molecule is C[C@H]1[C@@H]2[C@@H](O)[C@H]([C@H](C)C(=O)NCc3ccc(F)cc3)CC[C@@]2(C)CC[C@@H]1NC(=O)C1CCCCC1. The van der Waals surface area contributed by atoms with Crippen LogP contribution < -0.4 is 10.6 Å². The standard InChI is InChI=1S/C29H43FN2O3/c1-18(27(34)31-17-20-9-11-22(30)12-10-20)23-13-15-29(3)16-14-24(19(2)25(29)26(23)33)32-28(35)21-7-5-4-6-8-21/h9-12,18-19,21,23-26,33H,4-8,13-17H2,1-3H3,(H,31,34)(H,32,35)/t18-,19+,23-,24-,25+,26-,29-/m0/s1. The molecule has 6 heteroatoms. The van der Waals surface area contributed by atoms with E-state index >= 15 is 0 Å². The Balaban J connectivity index is 1.38. The minimum atomic E-state index is -0.579. The summed E-state index contributed by atoms with van der Waals surface area (Å²) in [6.07, 6.45) is 8.67. The lowest BCUT2D eigenvalue weighted by Crippen LogP contribution is -2.59. The van der Waals surface area contributed by atoms with Crippen LogP contribution in [0.2, 0.25) is 0 Å². The predicted octanol–water partition coefficient (Wildman–Crippen LogP) is 4.97. The van der Waals surface area contributed by atoms with Gasteiger partial charge in [0.2, 0.25) is 11.8 Å². The Kier molecular flexibility index (Phi) is 8.19. The van der Waals surface area contributed by atoms with Crippen LogP contribution in [-0.4, -0.2) is 29.1 Å². The second kappa shape index (κ2) is 11.0. The molecular formula is C29H43FN2O3. The summed E-state index contributed by atoms with van der Waals surface area (Å²) in [4.78, 5) is 25.9. The number of halogens is 1. The van der Waals surface area contributed by atoms with Gasteiger partial charge in [0.1, 0.15) is 5.82 Å². The van der Waals surface area contributed by atoms with Crippen molar-refractivity contribution in [2.24, 2.45) is 35.0 Å². The summed E-state index contributed by atoms with van der Waals surface area (Å²) in [5.41, 5.74) is 0.882. The first kappa shape index (κ1) is 26.1. The van der Waals surface area contributed by atoms with Gasteiger partial charge in [0.05, 0.1) is 6.10 Å².